The lowest BCUT2D eigenvalue weighted by Gasteiger charge is -2.23. The number of aromatic amines is 1. The first-order valence-electron chi connectivity index (χ1n) is 7.76. The van der Waals surface area contributed by atoms with E-state index in [0.29, 0.717) is 6.04 Å². The maximum absolute atomic E-state index is 3.72. The first-order valence-corrected chi connectivity index (χ1v) is 7.76. The largest absolute Gasteiger partial charge is 0.358 e. The average Bonchev–Trinajstić information content (AvgIpc) is 2.92. The van der Waals surface area contributed by atoms with Gasteiger partial charge in [0.2, 0.25) is 0 Å². The summed E-state index contributed by atoms with van der Waals surface area (Å²) in [5.74, 6) is 0. The summed E-state index contributed by atoms with van der Waals surface area (Å²) in [4.78, 5) is 3.58. The van der Waals surface area contributed by atoms with Gasteiger partial charge < -0.3 is 10.3 Å². The summed E-state index contributed by atoms with van der Waals surface area (Å²) >= 11 is 0. The first-order chi connectivity index (χ1) is 10.4. The van der Waals surface area contributed by atoms with Gasteiger partial charge in [0.25, 0.3) is 0 Å². The maximum atomic E-state index is 3.72. The zero-order valence-corrected chi connectivity index (χ0v) is 12.1. The molecule has 21 heavy (non-hydrogen) atoms. The minimum atomic E-state index is 0.580. The van der Waals surface area contributed by atoms with Crippen molar-refractivity contribution in [1.82, 2.24) is 10.3 Å². The molecule has 0 aliphatic heterocycles. The molecule has 2 heteroatoms. The minimum absolute atomic E-state index is 0.580. The zero-order valence-electron chi connectivity index (χ0n) is 12.1. The van der Waals surface area contributed by atoms with Crippen LogP contribution in [0.15, 0.2) is 54.6 Å². The van der Waals surface area contributed by atoms with Gasteiger partial charge in [0, 0.05) is 29.2 Å². The van der Waals surface area contributed by atoms with Crippen LogP contribution in [-0.4, -0.2) is 11.0 Å². The number of H-pyrrole nitrogens is 1. The van der Waals surface area contributed by atoms with Crippen molar-refractivity contribution in [2.24, 2.45) is 0 Å². The Balaban J connectivity index is 1.51. The molecule has 0 bridgehead atoms. The Hall–Kier alpha value is -2.06. The van der Waals surface area contributed by atoms with Crippen LogP contribution in [0.5, 0.6) is 0 Å². The molecule has 1 aliphatic carbocycles. The molecule has 1 aliphatic rings. The summed E-state index contributed by atoms with van der Waals surface area (Å²) in [6.45, 7) is 0.962. The molecule has 2 N–H and O–H groups in total. The van der Waals surface area contributed by atoms with Gasteiger partial charge in [0.05, 0.1) is 0 Å². The Labute approximate surface area is 125 Å². The van der Waals surface area contributed by atoms with Gasteiger partial charge in [0.1, 0.15) is 0 Å². The fraction of sp³-hybridized carbons (Fsp3) is 0.263. The van der Waals surface area contributed by atoms with Crippen LogP contribution >= 0.6 is 0 Å². The Bertz CT molecular complexity index is 743. The van der Waals surface area contributed by atoms with E-state index in [9.17, 15) is 0 Å². The van der Waals surface area contributed by atoms with E-state index >= 15 is 0 Å². The Morgan fingerprint density at radius 2 is 1.81 bits per heavy atom. The normalized spacial score (nSPS) is 17.8. The maximum Gasteiger partial charge on any atom is 0.0458 e. The topological polar surface area (TPSA) is 27.8 Å². The van der Waals surface area contributed by atoms with E-state index in [2.05, 4.69) is 64.9 Å². The van der Waals surface area contributed by atoms with Crippen molar-refractivity contribution in [2.45, 2.75) is 31.8 Å². The number of para-hydroxylation sites is 1. The van der Waals surface area contributed by atoms with Crippen molar-refractivity contribution in [3.63, 3.8) is 0 Å². The predicted molar refractivity (Wildman–Crippen MR) is 87.4 cm³/mol. The zero-order chi connectivity index (χ0) is 14.1. The quantitative estimate of drug-likeness (QED) is 0.748. The van der Waals surface area contributed by atoms with Crippen LogP contribution in [0.3, 0.4) is 0 Å². The highest BCUT2D eigenvalue weighted by molar-refractivity contribution is 5.84. The molecular formula is C19H20N2. The van der Waals surface area contributed by atoms with Gasteiger partial charge in [-0.1, -0.05) is 48.5 Å². The number of hydrogen-bond donors (Lipinski definition) is 2. The van der Waals surface area contributed by atoms with Gasteiger partial charge in [-0.3, -0.25) is 0 Å². The Morgan fingerprint density at radius 3 is 2.71 bits per heavy atom. The molecule has 2 nitrogen and oxygen atoms in total. The van der Waals surface area contributed by atoms with E-state index in [1.807, 2.05) is 0 Å². The van der Waals surface area contributed by atoms with Crippen molar-refractivity contribution in [3.8, 4) is 0 Å². The molecule has 3 aromatic rings. The molecule has 0 amide bonds. The van der Waals surface area contributed by atoms with Gasteiger partial charge in [-0.25, -0.2) is 0 Å². The Kier molecular flexibility index (Phi) is 3.24. The number of rotatable bonds is 3. The molecule has 0 spiro atoms. The number of hydrogen-bond acceptors (Lipinski definition) is 1. The summed E-state index contributed by atoms with van der Waals surface area (Å²) in [5.41, 5.74) is 5.60. The van der Waals surface area contributed by atoms with Crippen molar-refractivity contribution < 1.29 is 0 Å². The smallest absolute Gasteiger partial charge is 0.0458 e. The van der Waals surface area contributed by atoms with E-state index in [1.54, 1.807) is 0 Å². The Morgan fingerprint density at radius 1 is 1.00 bits per heavy atom. The molecule has 0 saturated heterocycles. The second-order valence-corrected chi connectivity index (χ2v) is 5.93. The summed E-state index contributed by atoms with van der Waals surface area (Å²) < 4.78 is 0. The van der Waals surface area contributed by atoms with Crippen LogP contribution in [-0.2, 0) is 19.4 Å². The molecule has 106 valence electrons. The van der Waals surface area contributed by atoms with E-state index in [0.717, 1.165) is 19.4 Å². The summed E-state index contributed by atoms with van der Waals surface area (Å²) in [6.07, 6.45) is 3.50. The third-order valence-electron chi connectivity index (χ3n) is 4.53. The molecule has 1 heterocycles. The van der Waals surface area contributed by atoms with Gasteiger partial charge in [-0.2, -0.15) is 0 Å². The van der Waals surface area contributed by atoms with Gasteiger partial charge >= 0.3 is 0 Å². The van der Waals surface area contributed by atoms with Crippen LogP contribution in [0.2, 0.25) is 0 Å². The molecule has 0 unspecified atom stereocenters. The second kappa shape index (κ2) is 5.38. The minimum Gasteiger partial charge on any atom is -0.358 e. The number of aryl methyl sites for hydroxylation is 1. The summed E-state index contributed by atoms with van der Waals surface area (Å²) in [5, 5.41) is 5.12. The lowest BCUT2D eigenvalue weighted by molar-refractivity contribution is 0.457. The number of fused-ring (bicyclic) bond motifs is 3. The molecule has 0 radical (unpaired) electrons. The van der Waals surface area contributed by atoms with Gasteiger partial charge in [0.15, 0.2) is 0 Å². The van der Waals surface area contributed by atoms with Crippen molar-refractivity contribution in [2.75, 3.05) is 0 Å². The molecule has 0 fully saturated rings. The van der Waals surface area contributed by atoms with Crippen LogP contribution < -0.4 is 5.32 Å². The third kappa shape index (κ3) is 2.47. The highest BCUT2D eigenvalue weighted by Crippen LogP contribution is 2.29. The third-order valence-corrected chi connectivity index (χ3v) is 4.53. The number of benzene rings is 2. The standard InChI is InChI=1S/C19H20N2/c1-2-6-14(7-3-1)13-20-15-10-11-19-17(12-15)16-8-4-5-9-18(16)21-19/h1-9,15,20-21H,10-13H2/t15-/m1/s1. The van der Waals surface area contributed by atoms with Crippen molar-refractivity contribution >= 4 is 10.9 Å². The number of aromatic nitrogens is 1. The first kappa shape index (κ1) is 12.7. The SMILES string of the molecule is c1ccc(CN[C@@H]2CCc3[nH]c4ccccc4c3C2)cc1. The van der Waals surface area contributed by atoms with E-state index < -0.39 is 0 Å². The van der Waals surface area contributed by atoms with Crippen LogP contribution in [0, 0.1) is 0 Å². The van der Waals surface area contributed by atoms with E-state index in [4.69, 9.17) is 0 Å². The second-order valence-electron chi connectivity index (χ2n) is 5.93. The molecule has 4 rings (SSSR count). The van der Waals surface area contributed by atoms with E-state index in [1.165, 1.54) is 34.1 Å². The predicted octanol–water partition coefficient (Wildman–Crippen LogP) is 3.82. The van der Waals surface area contributed by atoms with Crippen LogP contribution in [0.4, 0.5) is 0 Å². The van der Waals surface area contributed by atoms with Crippen LogP contribution in [0.1, 0.15) is 23.2 Å². The fourth-order valence-electron chi connectivity index (χ4n) is 3.40. The lowest BCUT2D eigenvalue weighted by Crippen LogP contribution is -2.33. The number of nitrogens with one attached hydrogen (secondary N) is 2. The highest BCUT2D eigenvalue weighted by atomic mass is 14.9. The van der Waals surface area contributed by atoms with Gasteiger partial charge in [-0.15, -0.1) is 0 Å². The molecule has 1 aromatic heterocycles. The van der Waals surface area contributed by atoms with Gasteiger partial charge in [-0.05, 0) is 36.5 Å². The molecule has 0 saturated carbocycles. The van der Waals surface area contributed by atoms with E-state index in [-0.39, 0.29) is 0 Å². The monoisotopic (exact) mass is 276 g/mol. The highest BCUT2D eigenvalue weighted by Gasteiger charge is 2.21. The van der Waals surface area contributed by atoms with Crippen LogP contribution in [0.25, 0.3) is 10.9 Å². The lowest BCUT2D eigenvalue weighted by atomic mass is 9.91. The van der Waals surface area contributed by atoms with Crippen molar-refractivity contribution in [1.29, 1.82) is 0 Å². The average molecular weight is 276 g/mol. The van der Waals surface area contributed by atoms with Crippen molar-refractivity contribution in [3.05, 3.63) is 71.4 Å². The summed E-state index contributed by atoms with van der Waals surface area (Å²) in [7, 11) is 0. The fourth-order valence-corrected chi connectivity index (χ4v) is 3.40. The molecule has 1 atom stereocenters. The summed E-state index contributed by atoms with van der Waals surface area (Å²) in [6, 6.07) is 19.9. The molecular weight excluding hydrogens is 256 g/mol. The molecule has 2 aromatic carbocycles.